The van der Waals surface area contributed by atoms with Gasteiger partial charge < -0.3 is 5.32 Å². The van der Waals surface area contributed by atoms with Crippen LogP contribution in [0.2, 0.25) is 0 Å². The summed E-state index contributed by atoms with van der Waals surface area (Å²) in [4.78, 5) is 6.93. The standard InChI is InChI=1S/C17H29N3/c1-5-11-19-16-15(9-10-17(16,2)3)20(4)13-14-8-6-7-12-18-14/h6-8,12,15-16,19H,5,9-11,13H2,1-4H3. The average Bonchev–Trinajstić information content (AvgIpc) is 2.72. The molecule has 2 atom stereocenters. The predicted octanol–water partition coefficient (Wildman–Crippen LogP) is 3.07. The Bertz CT molecular complexity index is 402. The Balaban J connectivity index is 2.02. The van der Waals surface area contributed by atoms with E-state index in [1.165, 1.54) is 19.3 Å². The lowest BCUT2D eigenvalue weighted by Crippen LogP contribution is -2.50. The van der Waals surface area contributed by atoms with Gasteiger partial charge in [0.15, 0.2) is 0 Å². The van der Waals surface area contributed by atoms with Gasteiger partial charge in [0.05, 0.1) is 5.69 Å². The normalized spacial score (nSPS) is 25.2. The summed E-state index contributed by atoms with van der Waals surface area (Å²) in [5.74, 6) is 0. The highest BCUT2D eigenvalue weighted by atomic mass is 15.2. The van der Waals surface area contributed by atoms with Crippen molar-refractivity contribution in [2.45, 2.75) is 58.7 Å². The Morgan fingerprint density at radius 2 is 2.20 bits per heavy atom. The first-order valence-corrected chi connectivity index (χ1v) is 7.88. The molecule has 0 amide bonds. The number of nitrogens with zero attached hydrogens (tertiary/aromatic N) is 2. The molecule has 1 N–H and O–H groups in total. The smallest absolute Gasteiger partial charge is 0.0543 e. The number of nitrogens with one attached hydrogen (secondary N) is 1. The van der Waals surface area contributed by atoms with Gasteiger partial charge in [0.2, 0.25) is 0 Å². The van der Waals surface area contributed by atoms with E-state index in [-0.39, 0.29) is 0 Å². The number of hydrogen-bond acceptors (Lipinski definition) is 3. The first-order valence-electron chi connectivity index (χ1n) is 7.88. The third-order valence-electron chi connectivity index (χ3n) is 4.63. The number of likely N-dealkylation sites (N-methyl/N-ethyl adjacent to an activating group) is 1. The van der Waals surface area contributed by atoms with Crippen LogP contribution in [-0.4, -0.2) is 35.6 Å². The fourth-order valence-corrected chi connectivity index (χ4v) is 3.41. The van der Waals surface area contributed by atoms with E-state index in [2.05, 4.69) is 55.2 Å². The maximum atomic E-state index is 4.45. The van der Waals surface area contributed by atoms with Crippen molar-refractivity contribution in [3.05, 3.63) is 30.1 Å². The maximum Gasteiger partial charge on any atom is 0.0543 e. The van der Waals surface area contributed by atoms with E-state index < -0.39 is 0 Å². The second-order valence-electron chi connectivity index (χ2n) is 6.76. The van der Waals surface area contributed by atoms with Crippen LogP contribution in [0.4, 0.5) is 0 Å². The van der Waals surface area contributed by atoms with Gasteiger partial charge >= 0.3 is 0 Å². The van der Waals surface area contributed by atoms with Crippen molar-refractivity contribution < 1.29 is 0 Å². The zero-order valence-electron chi connectivity index (χ0n) is 13.4. The van der Waals surface area contributed by atoms with Crippen molar-refractivity contribution in [1.29, 1.82) is 0 Å². The summed E-state index contributed by atoms with van der Waals surface area (Å²) in [7, 11) is 2.24. The van der Waals surface area contributed by atoms with Gasteiger partial charge in [-0.1, -0.05) is 26.8 Å². The molecule has 3 nitrogen and oxygen atoms in total. The van der Waals surface area contributed by atoms with Crippen molar-refractivity contribution in [2.24, 2.45) is 5.41 Å². The van der Waals surface area contributed by atoms with E-state index in [0.29, 0.717) is 17.5 Å². The molecule has 2 rings (SSSR count). The first kappa shape index (κ1) is 15.5. The molecule has 0 aromatic carbocycles. The van der Waals surface area contributed by atoms with E-state index in [9.17, 15) is 0 Å². The van der Waals surface area contributed by atoms with Gasteiger partial charge in [-0.25, -0.2) is 0 Å². The molecule has 0 spiro atoms. The van der Waals surface area contributed by atoms with E-state index >= 15 is 0 Å². The molecule has 0 bridgehead atoms. The molecule has 112 valence electrons. The van der Waals surface area contributed by atoms with Crippen LogP contribution in [0.5, 0.6) is 0 Å². The molecule has 1 aromatic rings. The van der Waals surface area contributed by atoms with Crippen molar-refractivity contribution in [2.75, 3.05) is 13.6 Å². The monoisotopic (exact) mass is 275 g/mol. The van der Waals surface area contributed by atoms with E-state index in [1.807, 2.05) is 12.3 Å². The molecule has 1 aliphatic rings. The fraction of sp³-hybridized carbons (Fsp3) is 0.706. The van der Waals surface area contributed by atoms with E-state index in [4.69, 9.17) is 0 Å². The molecule has 1 fully saturated rings. The Morgan fingerprint density at radius 1 is 1.40 bits per heavy atom. The third-order valence-corrected chi connectivity index (χ3v) is 4.63. The van der Waals surface area contributed by atoms with Crippen LogP contribution in [-0.2, 0) is 6.54 Å². The van der Waals surface area contributed by atoms with Crippen LogP contribution in [0, 0.1) is 5.41 Å². The lowest BCUT2D eigenvalue weighted by molar-refractivity contribution is 0.164. The first-order chi connectivity index (χ1) is 9.54. The van der Waals surface area contributed by atoms with Gasteiger partial charge in [0.1, 0.15) is 0 Å². The van der Waals surface area contributed by atoms with Crippen LogP contribution >= 0.6 is 0 Å². The van der Waals surface area contributed by atoms with Crippen LogP contribution in [0.15, 0.2) is 24.4 Å². The van der Waals surface area contributed by atoms with E-state index in [1.54, 1.807) is 0 Å². The Kier molecular flexibility index (Phi) is 5.17. The molecule has 1 saturated carbocycles. The third kappa shape index (κ3) is 3.58. The molecule has 1 aliphatic carbocycles. The van der Waals surface area contributed by atoms with Gasteiger partial charge in [-0.05, 0) is 50.4 Å². The minimum Gasteiger partial charge on any atom is -0.312 e. The van der Waals surface area contributed by atoms with Gasteiger partial charge in [-0.2, -0.15) is 0 Å². The Morgan fingerprint density at radius 3 is 2.85 bits per heavy atom. The van der Waals surface area contributed by atoms with Crippen LogP contribution in [0.25, 0.3) is 0 Å². The summed E-state index contributed by atoms with van der Waals surface area (Å²) in [6.07, 6.45) is 5.65. The van der Waals surface area contributed by atoms with Crippen LogP contribution < -0.4 is 5.32 Å². The minimum absolute atomic E-state index is 0.387. The second kappa shape index (κ2) is 6.68. The van der Waals surface area contributed by atoms with Gasteiger partial charge in [-0.15, -0.1) is 0 Å². The van der Waals surface area contributed by atoms with Crippen LogP contribution in [0.1, 0.15) is 45.7 Å². The molecule has 3 heteroatoms. The van der Waals surface area contributed by atoms with Crippen molar-refractivity contribution in [3.63, 3.8) is 0 Å². The molecule has 0 radical (unpaired) electrons. The predicted molar refractivity (Wildman–Crippen MR) is 84.6 cm³/mol. The quantitative estimate of drug-likeness (QED) is 0.865. The zero-order valence-corrected chi connectivity index (χ0v) is 13.4. The summed E-state index contributed by atoms with van der Waals surface area (Å²) in [6, 6.07) is 7.36. The molecule has 1 heterocycles. The highest BCUT2D eigenvalue weighted by Crippen LogP contribution is 2.39. The summed E-state index contributed by atoms with van der Waals surface area (Å²) < 4.78 is 0. The molecule has 2 unspecified atom stereocenters. The summed E-state index contributed by atoms with van der Waals surface area (Å²) in [6.45, 7) is 9.08. The molecule has 20 heavy (non-hydrogen) atoms. The summed E-state index contributed by atoms with van der Waals surface area (Å²) >= 11 is 0. The Hall–Kier alpha value is -0.930. The molecular weight excluding hydrogens is 246 g/mol. The van der Waals surface area contributed by atoms with Gasteiger partial charge in [0, 0.05) is 24.8 Å². The van der Waals surface area contributed by atoms with Gasteiger partial charge in [0.25, 0.3) is 0 Å². The largest absolute Gasteiger partial charge is 0.312 e. The van der Waals surface area contributed by atoms with Gasteiger partial charge in [-0.3, -0.25) is 9.88 Å². The fourth-order valence-electron chi connectivity index (χ4n) is 3.41. The van der Waals surface area contributed by atoms with Crippen molar-refractivity contribution in [1.82, 2.24) is 15.2 Å². The van der Waals surface area contributed by atoms with Crippen molar-refractivity contribution in [3.8, 4) is 0 Å². The Labute approximate surface area is 123 Å². The van der Waals surface area contributed by atoms with Crippen molar-refractivity contribution >= 4 is 0 Å². The van der Waals surface area contributed by atoms with E-state index in [0.717, 1.165) is 18.8 Å². The average molecular weight is 275 g/mol. The summed E-state index contributed by atoms with van der Waals surface area (Å²) in [5, 5.41) is 3.78. The minimum atomic E-state index is 0.387. The number of hydrogen-bond donors (Lipinski definition) is 1. The lowest BCUT2D eigenvalue weighted by atomic mass is 9.86. The molecule has 0 saturated heterocycles. The highest BCUT2D eigenvalue weighted by Gasteiger charge is 2.43. The topological polar surface area (TPSA) is 28.2 Å². The molecular formula is C17H29N3. The van der Waals surface area contributed by atoms with Crippen LogP contribution in [0.3, 0.4) is 0 Å². The molecule has 1 aromatic heterocycles. The summed E-state index contributed by atoms with van der Waals surface area (Å²) in [5.41, 5.74) is 1.55. The lowest BCUT2D eigenvalue weighted by Gasteiger charge is -2.36. The molecule has 0 aliphatic heterocycles. The zero-order chi connectivity index (χ0) is 14.6. The number of aromatic nitrogens is 1. The number of pyridine rings is 1. The maximum absolute atomic E-state index is 4.45. The SMILES string of the molecule is CCCNC1C(N(C)Cc2ccccn2)CCC1(C)C. The number of rotatable bonds is 6. The second-order valence-corrected chi connectivity index (χ2v) is 6.76. The highest BCUT2D eigenvalue weighted by molar-refractivity contribution is 5.06.